The number of carbonyl (C=O) groups is 1. The lowest BCUT2D eigenvalue weighted by Crippen LogP contribution is -2.47. The van der Waals surface area contributed by atoms with Crippen molar-refractivity contribution in [2.45, 2.75) is 37.2 Å². The standard InChI is InChI=1S/C18H28N2O4S/c1-15(21)20(12-13-24-2)17-8-10-19(11-9-17)14-16-6-4-5-7-18(16)25(3,22)23/h4-7,17H,8-14H2,1-3H3. The van der Waals surface area contributed by atoms with Crippen LogP contribution in [0.25, 0.3) is 0 Å². The molecule has 1 aliphatic rings. The van der Waals surface area contributed by atoms with E-state index >= 15 is 0 Å². The molecule has 1 aliphatic heterocycles. The maximum atomic E-state index is 11.9. The van der Waals surface area contributed by atoms with E-state index in [0.29, 0.717) is 24.6 Å². The molecule has 0 bridgehead atoms. The minimum absolute atomic E-state index is 0.0814. The Morgan fingerprint density at radius 1 is 1.28 bits per heavy atom. The topological polar surface area (TPSA) is 66.9 Å². The van der Waals surface area contributed by atoms with E-state index in [1.54, 1.807) is 26.2 Å². The number of likely N-dealkylation sites (tertiary alicyclic amines) is 1. The van der Waals surface area contributed by atoms with Gasteiger partial charge >= 0.3 is 0 Å². The molecule has 1 heterocycles. The predicted molar refractivity (Wildman–Crippen MR) is 97.1 cm³/mol. The van der Waals surface area contributed by atoms with E-state index in [0.717, 1.165) is 31.5 Å². The Bertz CT molecular complexity index is 682. The van der Waals surface area contributed by atoms with Crippen LogP contribution in [0.2, 0.25) is 0 Å². The molecule has 6 nitrogen and oxygen atoms in total. The zero-order valence-corrected chi connectivity index (χ0v) is 16.1. The Balaban J connectivity index is 1.98. The van der Waals surface area contributed by atoms with Crippen LogP contribution in [-0.2, 0) is 25.9 Å². The molecule has 0 radical (unpaired) electrons. The van der Waals surface area contributed by atoms with Crippen LogP contribution >= 0.6 is 0 Å². The molecule has 0 saturated carbocycles. The van der Waals surface area contributed by atoms with E-state index in [9.17, 15) is 13.2 Å². The molecule has 0 N–H and O–H groups in total. The minimum Gasteiger partial charge on any atom is -0.383 e. The minimum atomic E-state index is -3.22. The first-order valence-electron chi connectivity index (χ1n) is 8.59. The van der Waals surface area contributed by atoms with Gasteiger partial charge < -0.3 is 9.64 Å². The highest BCUT2D eigenvalue weighted by Gasteiger charge is 2.26. The van der Waals surface area contributed by atoms with Gasteiger partial charge in [-0.05, 0) is 24.5 Å². The number of rotatable bonds is 7. The zero-order valence-electron chi connectivity index (χ0n) is 15.3. The number of nitrogens with zero attached hydrogens (tertiary/aromatic N) is 2. The second-order valence-electron chi connectivity index (χ2n) is 6.59. The van der Waals surface area contributed by atoms with Gasteiger partial charge in [0.1, 0.15) is 0 Å². The molecular weight excluding hydrogens is 340 g/mol. The summed E-state index contributed by atoms with van der Waals surface area (Å²) in [5, 5.41) is 0. The summed E-state index contributed by atoms with van der Waals surface area (Å²) in [6.07, 6.45) is 3.03. The first-order chi connectivity index (χ1) is 11.8. The third kappa shape index (κ3) is 5.52. The molecule has 2 rings (SSSR count). The van der Waals surface area contributed by atoms with Crippen molar-refractivity contribution in [2.75, 3.05) is 39.6 Å². The lowest BCUT2D eigenvalue weighted by Gasteiger charge is -2.38. The molecule has 1 fully saturated rings. The second kappa shape index (κ2) is 8.78. The number of hydrogen-bond acceptors (Lipinski definition) is 5. The van der Waals surface area contributed by atoms with Crippen LogP contribution in [0.15, 0.2) is 29.2 Å². The van der Waals surface area contributed by atoms with Crippen molar-refractivity contribution in [3.63, 3.8) is 0 Å². The molecule has 0 aliphatic carbocycles. The number of hydrogen-bond donors (Lipinski definition) is 0. The summed E-state index contributed by atoms with van der Waals surface area (Å²) in [6.45, 7) is 5.08. The average molecular weight is 368 g/mol. The van der Waals surface area contributed by atoms with Gasteiger partial charge in [0.25, 0.3) is 0 Å². The highest BCUT2D eigenvalue weighted by Crippen LogP contribution is 2.22. The van der Waals surface area contributed by atoms with Gasteiger partial charge in [-0.25, -0.2) is 8.42 Å². The van der Waals surface area contributed by atoms with Crippen LogP contribution in [0, 0.1) is 0 Å². The number of sulfone groups is 1. The van der Waals surface area contributed by atoms with Crippen molar-refractivity contribution in [3.8, 4) is 0 Å². The number of piperidine rings is 1. The SMILES string of the molecule is COCCN(C(C)=O)C1CCN(Cc2ccccc2S(C)(=O)=O)CC1. The predicted octanol–water partition coefficient (Wildman–Crippen LogP) is 1.55. The summed E-state index contributed by atoms with van der Waals surface area (Å²) < 4.78 is 29.0. The molecule has 1 aromatic carbocycles. The van der Waals surface area contributed by atoms with Crippen LogP contribution in [-0.4, -0.2) is 69.8 Å². The van der Waals surface area contributed by atoms with Crippen molar-refractivity contribution >= 4 is 15.7 Å². The van der Waals surface area contributed by atoms with Crippen LogP contribution < -0.4 is 0 Å². The van der Waals surface area contributed by atoms with Crippen LogP contribution in [0.4, 0.5) is 0 Å². The number of methoxy groups -OCH3 is 1. The molecule has 1 aromatic rings. The third-order valence-electron chi connectivity index (χ3n) is 4.70. The number of amides is 1. The van der Waals surface area contributed by atoms with Gasteiger partial charge in [-0.2, -0.15) is 0 Å². The summed E-state index contributed by atoms with van der Waals surface area (Å²) in [5.74, 6) is 0.0814. The van der Waals surface area contributed by atoms with E-state index in [1.807, 2.05) is 17.0 Å². The summed E-state index contributed by atoms with van der Waals surface area (Å²) >= 11 is 0. The summed E-state index contributed by atoms with van der Waals surface area (Å²) in [4.78, 5) is 16.4. The first kappa shape index (κ1) is 19.9. The Labute approximate surface area is 150 Å². The first-order valence-corrected chi connectivity index (χ1v) is 10.5. The molecular formula is C18H28N2O4S. The normalized spacial score (nSPS) is 16.8. The van der Waals surface area contributed by atoms with Crippen molar-refractivity contribution < 1.29 is 17.9 Å². The van der Waals surface area contributed by atoms with Gasteiger partial charge in [-0.15, -0.1) is 0 Å². The maximum absolute atomic E-state index is 11.9. The monoisotopic (exact) mass is 368 g/mol. The molecule has 0 spiro atoms. The fraction of sp³-hybridized carbons (Fsp3) is 0.611. The van der Waals surface area contributed by atoms with Gasteiger partial charge in [-0.3, -0.25) is 9.69 Å². The molecule has 1 saturated heterocycles. The molecule has 1 amide bonds. The fourth-order valence-corrected chi connectivity index (χ4v) is 4.35. The maximum Gasteiger partial charge on any atom is 0.219 e. The van der Waals surface area contributed by atoms with Gasteiger partial charge in [-0.1, -0.05) is 18.2 Å². The lowest BCUT2D eigenvalue weighted by atomic mass is 10.0. The summed E-state index contributed by atoms with van der Waals surface area (Å²) in [7, 11) is -1.58. The Kier molecular flexibility index (Phi) is 6.98. The second-order valence-corrected chi connectivity index (χ2v) is 8.58. The van der Waals surface area contributed by atoms with Gasteiger partial charge in [0.2, 0.25) is 5.91 Å². The van der Waals surface area contributed by atoms with Gasteiger partial charge in [0.15, 0.2) is 9.84 Å². The molecule has 25 heavy (non-hydrogen) atoms. The zero-order chi connectivity index (χ0) is 18.4. The fourth-order valence-electron chi connectivity index (χ4n) is 3.41. The van der Waals surface area contributed by atoms with Crippen molar-refractivity contribution in [2.24, 2.45) is 0 Å². The largest absolute Gasteiger partial charge is 0.383 e. The van der Waals surface area contributed by atoms with Gasteiger partial charge in [0.05, 0.1) is 11.5 Å². The number of benzene rings is 1. The van der Waals surface area contributed by atoms with E-state index < -0.39 is 9.84 Å². The molecule has 0 aromatic heterocycles. The van der Waals surface area contributed by atoms with E-state index in [4.69, 9.17) is 4.74 Å². The molecule has 0 unspecified atom stereocenters. The summed E-state index contributed by atoms with van der Waals surface area (Å²) in [5.41, 5.74) is 0.839. The lowest BCUT2D eigenvalue weighted by molar-refractivity contribution is -0.132. The van der Waals surface area contributed by atoms with Crippen molar-refractivity contribution in [3.05, 3.63) is 29.8 Å². The molecule has 7 heteroatoms. The smallest absolute Gasteiger partial charge is 0.219 e. The van der Waals surface area contributed by atoms with E-state index in [-0.39, 0.29) is 11.9 Å². The Hall–Kier alpha value is -1.44. The highest BCUT2D eigenvalue weighted by atomic mass is 32.2. The van der Waals surface area contributed by atoms with Crippen LogP contribution in [0.1, 0.15) is 25.3 Å². The molecule has 140 valence electrons. The Morgan fingerprint density at radius 3 is 2.48 bits per heavy atom. The number of ether oxygens (including phenoxy) is 1. The third-order valence-corrected chi connectivity index (χ3v) is 5.90. The Morgan fingerprint density at radius 2 is 1.92 bits per heavy atom. The van der Waals surface area contributed by atoms with Gasteiger partial charge in [0, 0.05) is 52.5 Å². The van der Waals surface area contributed by atoms with E-state index in [1.165, 1.54) is 6.26 Å². The number of carbonyl (C=O) groups excluding carboxylic acids is 1. The van der Waals surface area contributed by atoms with Crippen molar-refractivity contribution in [1.82, 2.24) is 9.80 Å². The van der Waals surface area contributed by atoms with Crippen molar-refractivity contribution in [1.29, 1.82) is 0 Å². The average Bonchev–Trinajstić information content (AvgIpc) is 2.56. The quantitative estimate of drug-likeness (QED) is 0.730. The van der Waals surface area contributed by atoms with E-state index in [2.05, 4.69) is 4.90 Å². The molecule has 0 atom stereocenters. The highest BCUT2D eigenvalue weighted by molar-refractivity contribution is 7.90. The van der Waals surface area contributed by atoms with Crippen LogP contribution in [0.5, 0.6) is 0 Å². The summed E-state index contributed by atoms with van der Waals surface area (Å²) in [6, 6.07) is 7.41. The van der Waals surface area contributed by atoms with Crippen LogP contribution in [0.3, 0.4) is 0 Å².